The van der Waals surface area contributed by atoms with Crippen LogP contribution in [0.1, 0.15) is 5.56 Å². The number of hydrogen-bond donors (Lipinski definition) is 2. The van der Waals surface area contributed by atoms with Crippen LogP contribution in [0, 0.1) is 0 Å². The minimum Gasteiger partial charge on any atom is -0.454 e. The second kappa shape index (κ2) is 7.66. The number of halogens is 2. The summed E-state index contributed by atoms with van der Waals surface area (Å²) in [5, 5.41) is 6.28. The number of amides is 2. The highest BCUT2D eigenvalue weighted by Crippen LogP contribution is 2.36. The molecular formula is C16H11Br2N3O4. The van der Waals surface area contributed by atoms with Crippen LogP contribution in [0.2, 0.25) is 0 Å². The number of ether oxygens (including phenoxy) is 2. The SMILES string of the molecule is O=C(N/N=C\c1cc2c(cc1Br)OCO2)C(=O)Nc1ccccc1Br. The number of nitrogens with one attached hydrogen (secondary N) is 2. The Balaban J connectivity index is 1.61. The Bertz CT molecular complexity index is 870. The van der Waals surface area contributed by atoms with Crippen molar-refractivity contribution >= 4 is 55.6 Å². The molecule has 128 valence electrons. The molecular weight excluding hydrogens is 458 g/mol. The molecule has 0 aliphatic carbocycles. The predicted octanol–water partition coefficient (Wildman–Crippen LogP) is 3.03. The van der Waals surface area contributed by atoms with Gasteiger partial charge < -0.3 is 14.8 Å². The van der Waals surface area contributed by atoms with E-state index >= 15 is 0 Å². The Kier molecular flexibility index (Phi) is 5.34. The third-order valence-corrected chi connectivity index (χ3v) is 4.57. The third-order valence-electron chi connectivity index (χ3n) is 3.19. The Labute approximate surface area is 159 Å². The number of rotatable bonds is 3. The van der Waals surface area contributed by atoms with Gasteiger partial charge in [0.15, 0.2) is 11.5 Å². The van der Waals surface area contributed by atoms with Gasteiger partial charge in [0.05, 0.1) is 11.9 Å². The number of benzene rings is 2. The first kappa shape index (κ1) is 17.4. The molecule has 0 atom stereocenters. The zero-order chi connectivity index (χ0) is 17.8. The fourth-order valence-corrected chi connectivity index (χ4v) is 2.79. The van der Waals surface area contributed by atoms with Crippen molar-refractivity contribution in [2.45, 2.75) is 0 Å². The van der Waals surface area contributed by atoms with E-state index < -0.39 is 11.8 Å². The van der Waals surface area contributed by atoms with E-state index in [0.29, 0.717) is 31.7 Å². The Morgan fingerprint density at radius 1 is 1.04 bits per heavy atom. The molecule has 1 aliphatic heterocycles. The molecule has 3 rings (SSSR count). The number of para-hydroxylation sites is 1. The van der Waals surface area contributed by atoms with Crippen LogP contribution in [0.25, 0.3) is 0 Å². The second-order valence-electron chi connectivity index (χ2n) is 4.86. The van der Waals surface area contributed by atoms with Crippen LogP contribution in [0.3, 0.4) is 0 Å². The molecule has 9 heteroatoms. The molecule has 1 heterocycles. The van der Waals surface area contributed by atoms with Crippen LogP contribution in [0.15, 0.2) is 50.4 Å². The quantitative estimate of drug-likeness (QED) is 0.411. The van der Waals surface area contributed by atoms with E-state index in [1.165, 1.54) is 6.21 Å². The van der Waals surface area contributed by atoms with Crippen molar-refractivity contribution in [3.8, 4) is 11.5 Å². The van der Waals surface area contributed by atoms with E-state index in [2.05, 4.69) is 47.7 Å². The Morgan fingerprint density at radius 2 is 1.76 bits per heavy atom. The monoisotopic (exact) mass is 467 g/mol. The summed E-state index contributed by atoms with van der Waals surface area (Å²) in [6, 6.07) is 10.4. The molecule has 2 N–H and O–H groups in total. The first-order valence-electron chi connectivity index (χ1n) is 7.02. The number of carbonyl (C=O) groups is 2. The standard InChI is InChI=1S/C16H11Br2N3O4/c17-10-3-1-2-4-12(10)20-15(22)16(23)21-19-7-9-5-13-14(6-11(9)18)25-8-24-13/h1-7H,8H2,(H,20,22)(H,21,23)/b19-7-. The van der Waals surface area contributed by atoms with E-state index in [1.54, 1.807) is 36.4 Å². The van der Waals surface area contributed by atoms with E-state index in [1.807, 2.05) is 0 Å². The molecule has 0 saturated carbocycles. The predicted molar refractivity (Wildman–Crippen MR) is 98.8 cm³/mol. The molecule has 0 unspecified atom stereocenters. The van der Waals surface area contributed by atoms with Crippen LogP contribution in [0.4, 0.5) is 5.69 Å². The summed E-state index contributed by atoms with van der Waals surface area (Å²) in [7, 11) is 0. The van der Waals surface area contributed by atoms with E-state index in [0.717, 1.165) is 0 Å². The third kappa shape index (κ3) is 4.18. The molecule has 0 radical (unpaired) electrons. The maximum Gasteiger partial charge on any atom is 0.329 e. The summed E-state index contributed by atoms with van der Waals surface area (Å²) in [5.74, 6) is -0.499. The van der Waals surface area contributed by atoms with Crippen LogP contribution in [-0.4, -0.2) is 24.8 Å². The zero-order valence-electron chi connectivity index (χ0n) is 12.6. The highest BCUT2D eigenvalue weighted by Gasteiger charge is 2.16. The van der Waals surface area contributed by atoms with Gasteiger partial charge in [-0.2, -0.15) is 5.10 Å². The van der Waals surface area contributed by atoms with Gasteiger partial charge in [0.2, 0.25) is 6.79 Å². The van der Waals surface area contributed by atoms with Gasteiger partial charge in [-0.15, -0.1) is 0 Å². The topological polar surface area (TPSA) is 89.0 Å². The average molecular weight is 469 g/mol. The van der Waals surface area contributed by atoms with Gasteiger partial charge in [-0.3, -0.25) is 9.59 Å². The maximum absolute atomic E-state index is 11.9. The molecule has 0 fully saturated rings. The van der Waals surface area contributed by atoms with Crippen molar-refractivity contribution in [1.29, 1.82) is 0 Å². The fourth-order valence-electron chi connectivity index (χ4n) is 1.98. The van der Waals surface area contributed by atoms with Gasteiger partial charge in [-0.05, 0) is 56.1 Å². The van der Waals surface area contributed by atoms with Crippen LogP contribution in [0.5, 0.6) is 11.5 Å². The summed E-state index contributed by atoms with van der Waals surface area (Å²) in [6.45, 7) is 0.161. The smallest absolute Gasteiger partial charge is 0.329 e. The number of carbonyl (C=O) groups excluding carboxylic acids is 2. The number of fused-ring (bicyclic) bond motifs is 1. The lowest BCUT2D eigenvalue weighted by atomic mass is 10.2. The summed E-state index contributed by atoms with van der Waals surface area (Å²) in [6.07, 6.45) is 1.40. The largest absolute Gasteiger partial charge is 0.454 e. The lowest BCUT2D eigenvalue weighted by Gasteiger charge is -2.05. The van der Waals surface area contributed by atoms with Gasteiger partial charge in [-0.1, -0.05) is 12.1 Å². The molecule has 7 nitrogen and oxygen atoms in total. The molecule has 0 saturated heterocycles. The fraction of sp³-hybridized carbons (Fsp3) is 0.0625. The Hall–Kier alpha value is -2.39. The summed E-state index contributed by atoms with van der Waals surface area (Å²) >= 11 is 6.66. The highest BCUT2D eigenvalue weighted by molar-refractivity contribution is 9.11. The summed E-state index contributed by atoms with van der Waals surface area (Å²) in [5.41, 5.74) is 3.33. The molecule has 0 bridgehead atoms. The number of nitrogens with zero attached hydrogens (tertiary/aromatic N) is 1. The first-order valence-corrected chi connectivity index (χ1v) is 8.61. The summed E-state index contributed by atoms with van der Waals surface area (Å²) < 4.78 is 11.9. The van der Waals surface area contributed by atoms with Gasteiger partial charge in [0.1, 0.15) is 0 Å². The summed E-state index contributed by atoms with van der Waals surface area (Å²) in [4.78, 5) is 23.7. The van der Waals surface area contributed by atoms with Gasteiger partial charge >= 0.3 is 11.8 Å². The molecule has 25 heavy (non-hydrogen) atoms. The van der Waals surface area contributed by atoms with Crippen LogP contribution in [-0.2, 0) is 9.59 Å². The molecule has 2 amide bonds. The molecule has 1 aliphatic rings. The lowest BCUT2D eigenvalue weighted by Crippen LogP contribution is -2.32. The van der Waals surface area contributed by atoms with Crippen molar-refractivity contribution in [2.75, 3.05) is 12.1 Å². The molecule has 0 spiro atoms. The van der Waals surface area contributed by atoms with Crippen molar-refractivity contribution < 1.29 is 19.1 Å². The average Bonchev–Trinajstić information content (AvgIpc) is 3.04. The van der Waals surface area contributed by atoms with Crippen molar-refractivity contribution in [3.63, 3.8) is 0 Å². The first-order chi connectivity index (χ1) is 12.0. The molecule has 0 aromatic heterocycles. The van der Waals surface area contributed by atoms with Gasteiger partial charge in [0, 0.05) is 14.5 Å². The zero-order valence-corrected chi connectivity index (χ0v) is 15.8. The number of hydrogen-bond acceptors (Lipinski definition) is 5. The number of hydrazone groups is 1. The van der Waals surface area contributed by atoms with Crippen LogP contribution < -0.4 is 20.2 Å². The van der Waals surface area contributed by atoms with E-state index in [4.69, 9.17) is 9.47 Å². The molecule has 2 aromatic carbocycles. The van der Waals surface area contributed by atoms with E-state index in [-0.39, 0.29) is 6.79 Å². The molecule has 2 aromatic rings. The normalized spacial score (nSPS) is 12.2. The highest BCUT2D eigenvalue weighted by atomic mass is 79.9. The van der Waals surface area contributed by atoms with Crippen molar-refractivity contribution in [1.82, 2.24) is 5.43 Å². The van der Waals surface area contributed by atoms with Gasteiger partial charge in [-0.25, -0.2) is 5.43 Å². The maximum atomic E-state index is 11.9. The lowest BCUT2D eigenvalue weighted by molar-refractivity contribution is -0.136. The Morgan fingerprint density at radius 3 is 2.52 bits per heavy atom. The van der Waals surface area contributed by atoms with Gasteiger partial charge in [0.25, 0.3) is 0 Å². The van der Waals surface area contributed by atoms with E-state index in [9.17, 15) is 9.59 Å². The van der Waals surface area contributed by atoms with Crippen molar-refractivity contribution in [3.05, 3.63) is 50.9 Å². The second-order valence-corrected chi connectivity index (χ2v) is 6.57. The van der Waals surface area contributed by atoms with Crippen LogP contribution >= 0.6 is 31.9 Å². The van der Waals surface area contributed by atoms with Crippen molar-refractivity contribution in [2.24, 2.45) is 5.10 Å². The minimum absolute atomic E-state index is 0.161. The minimum atomic E-state index is -0.885. The number of anilines is 1.